The number of hydrogen-bond donors (Lipinski definition) is 1. The molecule has 190 valence electrons. The van der Waals surface area contributed by atoms with E-state index in [0.29, 0.717) is 42.7 Å². The van der Waals surface area contributed by atoms with Crippen LogP contribution in [0.1, 0.15) is 113 Å². The van der Waals surface area contributed by atoms with Crippen LogP contribution in [-0.2, 0) is 14.4 Å². The largest absolute Gasteiger partial charge is 0.481 e. The third-order valence-corrected chi connectivity index (χ3v) is 13.5. The van der Waals surface area contributed by atoms with Gasteiger partial charge >= 0.3 is 5.97 Å². The van der Waals surface area contributed by atoms with Gasteiger partial charge in [-0.05, 0) is 97.7 Å². The van der Waals surface area contributed by atoms with Crippen molar-refractivity contribution < 1.29 is 19.5 Å². The Bertz CT molecular complexity index is 951. The van der Waals surface area contributed by atoms with Crippen LogP contribution in [0.4, 0.5) is 0 Å². The van der Waals surface area contributed by atoms with Crippen molar-refractivity contribution in [2.45, 2.75) is 113 Å². The van der Waals surface area contributed by atoms with Gasteiger partial charge in [0.2, 0.25) is 0 Å². The molecule has 0 amide bonds. The maximum atomic E-state index is 14.2. The van der Waals surface area contributed by atoms with Crippen molar-refractivity contribution in [1.82, 2.24) is 0 Å². The first-order chi connectivity index (χ1) is 15.6. The van der Waals surface area contributed by atoms with E-state index in [1.54, 1.807) is 0 Å². The van der Waals surface area contributed by atoms with Gasteiger partial charge in [-0.2, -0.15) is 0 Å². The highest BCUT2D eigenvalue weighted by molar-refractivity contribution is 5.87. The molecule has 0 aliphatic heterocycles. The molecular weight excluding hydrogens is 424 g/mol. The third-order valence-electron chi connectivity index (χ3n) is 13.5. The van der Waals surface area contributed by atoms with E-state index in [4.69, 9.17) is 0 Å². The number of fused-ring (bicyclic) bond motifs is 7. The Morgan fingerprint density at radius 1 is 0.824 bits per heavy atom. The van der Waals surface area contributed by atoms with Gasteiger partial charge in [0.15, 0.2) is 0 Å². The number of ketones is 2. The molecule has 0 heterocycles. The summed E-state index contributed by atoms with van der Waals surface area (Å²) in [4.78, 5) is 39.4. The number of hydrogen-bond acceptors (Lipinski definition) is 3. The molecule has 0 spiro atoms. The summed E-state index contributed by atoms with van der Waals surface area (Å²) in [7, 11) is 0. The molecule has 4 nitrogen and oxygen atoms in total. The third kappa shape index (κ3) is 2.80. The van der Waals surface area contributed by atoms with Crippen LogP contribution in [0.3, 0.4) is 0 Å². The summed E-state index contributed by atoms with van der Waals surface area (Å²) in [6, 6.07) is 0. The zero-order valence-corrected chi connectivity index (χ0v) is 22.6. The minimum absolute atomic E-state index is 0.0109. The van der Waals surface area contributed by atoms with Crippen molar-refractivity contribution in [3.05, 3.63) is 0 Å². The Kier molecular flexibility index (Phi) is 5.02. The maximum Gasteiger partial charge on any atom is 0.309 e. The smallest absolute Gasteiger partial charge is 0.309 e. The van der Waals surface area contributed by atoms with Crippen LogP contribution < -0.4 is 0 Å². The van der Waals surface area contributed by atoms with Gasteiger partial charge in [0.05, 0.1) is 5.41 Å². The highest BCUT2D eigenvalue weighted by Gasteiger charge is 2.72. The molecule has 1 N–H and O–H groups in total. The molecule has 34 heavy (non-hydrogen) atoms. The van der Waals surface area contributed by atoms with Crippen LogP contribution in [0.2, 0.25) is 0 Å². The topological polar surface area (TPSA) is 71.4 Å². The first-order valence-corrected chi connectivity index (χ1v) is 13.8. The molecule has 4 heteroatoms. The number of Topliss-reactive ketones (excluding diaryl/α,β-unsaturated/α-hetero) is 2. The molecular formula is C30H46O4. The van der Waals surface area contributed by atoms with Gasteiger partial charge in [-0.15, -0.1) is 0 Å². The zero-order valence-electron chi connectivity index (χ0n) is 22.6. The second kappa shape index (κ2) is 6.97. The van der Waals surface area contributed by atoms with Crippen molar-refractivity contribution in [3.63, 3.8) is 0 Å². The molecule has 5 aliphatic rings. The van der Waals surface area contributed by atoms with Crippen LogP contribution in [0.15, 0.2) is 0 Å². The van der Waals surface area contributed by atoms with Crippen molar-refractivity contribution in [2.75, 3.05) is 0 Å². The van der Waals surface area contributed by atoms with E-state index in [9.17, 15) is 19.5 Å². The minimum Gasteiger partial charge on any atom is -0.481 e. The SMILES string of the molecule is CC1(C)C(=O)CC[C@]2(C)[C@H]3CC(=O)[C@@H]4[C@@H]5C[C@@](C)(C(=O)O)CC[C@]5(C)CC[C@@]4(C)[C@]3(C)CC[C@@H]12. The Hall–Kier alpha value is -1.19. The van der Waals surface area contributed by atoms with Gasteiger partial charge in [0.1, 0.15) is 11.6 Å². The van der Waals surface area contributed by atoms with Gasteiger partial charge < -0.3 is 5.11 Å². The number of carboxylic acids is 1. The van der Waals surface area contributed by atoms with Crippen molar-refractivity contribution >= 4 is 17.5 Å². The maximum absolute atomic E-state index is 14.2. The molecule has 0 aromatic rings. The number of carbonyl (C=O) groups excluding carboxylic acids is 2. The Morgan fingerprint density at radius 3 is 2.12 bits per heavy atom. The summed E-state index contributed by atoms with van der Waals surface area (Å²) in [6.07, 6.45) is 8.73. The van der Waals surface area contributed by atoms with Gasteiger partial charge in [-0.1, -0.05) is 41.5 Å². The molecule has 5 fully saturated rings. The fourth-order valence-electron chi connectivity index (χ4n) is 10.8. The summed E-state index contributed by atoms with van der Waals surface area (Å²) in [5, 5.41) is 10.1. The lowest BCUT2D eigenvalue weighted by molar-refractivity contribution is -0.233. The van der Waals surface area contributed by atoms with Gasteiger partial charge in [-0.25, -0.2) is 0 Å². The van der Waals surface area contributed by atoms with E-state index in [0.717, 1.165) is 44.9 Å². The fraction of sp³-hybridized carbons (Fsp3) is 0.900. The summed E-state index contributed by atoms with van der Waals surface area (Å²) in [6.45, 7) is 15.8. The molecule has 0 unspecified atom stereocenters. The minimum atomic E-state index is -0.724. The molecule has 0 aromatic heterocycles. The number of rotatable bonds is 1. The Morgan fingerprint density at radius 2 is 1.47 bits per heavy atom. The molecule has 5 aliphatic carbocycles. The van der Waals surface area contributed by atoms with E-state index >= 15 is 0 Å². The monoisotopic (exact) mass is 470 g/mol. The molecule has 0 bridgehead atoms. The number of aliphatic carboxylic acids is 1. The molecule has 9 atom stereocenters. The predicted molar refractivity (Wildman–Crippen MR) is 132 cm³/mol. The standard InChI is InChI=1S/C30H46O4/c1-25(2)20-8-11-29(6)21(28(20,5)10-9-22(25)32)16-19(31)23-18-17-27(4,24(33)34)13-12-26(18,3)14-15-30(23,29)7/h18,20-21,23H,8-17H2,1-7H3,(H,33,34)/t18-,20-,21+,23-,26+,27-,28-,29+,30+/m0/s1. The highest BCUT2D eigenvalue weighted by atomic mass is 16.4. The summed E-state index contributed by atoms with van der Waals surface area (Å²) in [5.41, 5.74) is -1.01. The fourth-order valence-corrected chi connectivity index (χ4v) is 10.8. The Balaban J connectivity index is 1.57. The van der Waals surface area contributed by atoms with Crippen LogP contribution in [0.25, 0.3) is 0 Å². The second-order valence-electron chi connectivity index (χ2n) is 15.1. The molecule has 0 saturated heterocycles. The summed E-state index contributed by atoms with van der Waals surface area (Å²) in [5.74, 6) is 0.854. The van der Waals surface area contributed by atoms with E-state index in [1.165, 1.54) is 0 Å². The van der Waals surface area contributed by atoms with Crippen LogP contribution >= 0.6 is 0 Å². The quantitative estimate of drug-likeness (QED) is 0.463. The van der Waals surface area contributed by atoms with Crippen LogP contribution in [0.5, 0.6) is 0 Å². The van der Waals surface area contributed by atoms with Gasteiger partial charge in [-0.3, -0.25) is 14.4 Å². The lowest BCUT2D eigenvalue weighted by Crippen LogP contribution is -2.68. The lowest BCUT2D eigenvalue weighted by atomic mass is 9.31. The average Bonchev–Trinajstić information content (AvgIpc) is 2.74. The van der Waals surface area contributed by atoms with Crippen LogP contribution in [0, 0.1) is 56.2 Å². The van der Waals surface area contributed by atoms with Gasteiger partial charge in [0.25, 0.3) is 0 Å². The Labute approximate surface area is 206 Å². The van der Waals surface area contributed by atoms with Gasteiger partial charge in [0, 0.05) is 24.2 Å². The zero-order chi connectivity index (χ0) is 25.1. The first-order valence-electron chi connectivity index (χ1n) is 13.8. The van der Waals surface area contributed by atoms with Crippen molar-refractivity contribution in [3.8, 4) is 0 Å². The van der Waals surface area contributed by atoms with E-state index in [-0.39, 0.29) is 38.9 Å². The van der Waals surface area contributed by atoms with Crippen LogP contribution in [-0.4, -0.2) is 22.6 Å². The number of carboxylic acid groups (broad SMARTS) is 1. The van der Waals surface area contributed by atoms with Crippen molar-refractivity contribution in [2.24, 2.45) is 56.2 Å². The predicted octanol–water partition coefficient (Wildman–Crippen LogP) is 6.70. The van der Waals surface area contributed by atoms with E-state index in [1.807, 2.05) is 6.92 Å². The van der Waals surface area contributed by atoms with E-state index < -0.39 is 11.4 Å². The molecule has 5 rings (SSSR count). The number of carbonyl (C=O) groups is 3. The average molecular weight is 471 g/mol. The molecule has 0 aromatic carbocycles. The highest BCUT2D eigenvalue weighted by Crippen LogP contribution is 2.76. The summed E-state index contributed by atoms with van der Waals surface area (Å²) < 4.78 is 0. The van der Waals surface area contributed by atoms with Crippen molar-refractivity contribution in [1.29, 1.82) is 0 Å². The summed E-state index contributed by atoms with van der Waals surface area (Å²) >= 11 is 0. The molecule has 0 radical (unpaired) electrons. The van der Waals surface area contributed by atoms with E-state index in [2.05, 4.69) is 41.5 Å². The first kappa shape index (κ1) is 24.5. The lowest BCUT2D eigenvalue weighted by Gasteiger charge is -2.72. The molecule has 5 saturated carbocycles. The normalized spacial score (nSPS) is 54.3. The second-order valence-corrected chi connectivity index (χ2v) is 15.1.